The van der Waals surface area contributed by atoms with Crippen molar-refractivity contribution < 1.29 is 9.47 Å². The van der Waals surface area contributed by atoms with E-state index in [0.717, 1.165) is 31.1 Å². The Hall–Kier alpha value is -1.02. The van der Waals surface area contributed by atoms with Crippen LogP contribution in [0.25, 0.3) is 0 Å². The number of hydrogen-bond acceptors (Lipinski definition) is 3. The molecule has 0 radical (unpaired) electrons. The van der Waals surface area contributed by atoms with Crippen LogP contribution >= 0.6 is 24.0 Å². The van der Waals surface area contributed by atoms with E-state index in [2.05, 4.69) is 54.6 Å². The Morgan fingerprint density at radius 2 is 2.04 bits per heavy atom. The molecule has 5 nitrogen and oxygen atoms in total. The van der Waals surface area contributed by atoms with E-state index in [1.54, 1.807) is 0 Å². The van der Waals surface area contributed by atoms with Gasteiger partial charge in [0.1, 0.15) is 12.4 Å². The first-order chi connectivity index (χ1) is 11.7. The SMILES string of the molecule is CCNC(=NCCOc1c(C)cccc1C)NC1CC2CCC1O2.I. The molecule has 0 spiro atoms. The van der Waals surface area contributed by atoms with Gasteiger partial charge in [0.2, 0.25) is 0 Å². The summed E-state index contributed by atoms with van der Waals surface area (Å²) in [5.74, 6) is 1.84. The lowest BCUT2D eigenvalue weighted by atomic mass is 9.96. The van der Waals surface area contributed by atoms with E-state index in [4.69, 9.17) is 9.47 Å². The van der Waals surface area contributed by atoms with Gasteiger partial charge in [0, 0.05) is 6.54 Å². The Morgan fingerprint density at radius 1 is 1.28 bits per heavy atom. The highest BCUT2D eigenvalue weighted by Gasteiger charge is 2.41. The zero-order valence-corrected chi connectivity index (χ0v) is 17.7. The molecule has 3 atom stereocenters. The lowest BCUT2D eigenvalue weighted by Gasteiger charge is -2.22. The Labute approximate surface area is 168 Å². The number of nitrogens with one attached hydrogen (secondary N) is 2. The van der Waals surface area contributed by atoms with Gasteiger partial charge in [0.25, 0.3) is 0 Å². The summed E-state index contributed by atoms with van der Waals surface area (Å²) in [7, 11) is 0. The number of ether oxygens (including phenoxy) is 2. The number of para-hydroxylation sites is 1. The van der Waals surface area contributed by atoms with Gasteiger partial charge in [0.15, 0.2) is 5.96 Å². The molecule has 6 heteroatoms. The Balaban J connectivity index is 0.00000225. The van der Waals surface area contributed by atoms with Crippen molar-refractivity contribution in [1.82, 2.24) is 10.6 Å². The van der Waals surface area contributed by atoms with Crippen molar-refractivity contribution >= 4 is 29.9 Å². The first-order valence-electron chi connectivity index (χ1n) is 9.06. The monoisotopic (exact) mass is 459 g/mol. The molecule has 2 fully saturated rings. The van der Waals surface area contributed by atoms with Crippen molar-refractivity contribution in [3.05, 3.63) is 29.3 Å². The van der Waals surface area contributed by atoms with Crippen LogP contribution in [0.3, 0.4) is 0 Å². The zero-order valence-electron chi connectivity index (χ0n) is 15.4. The molecule has 1 aromatic rings. The number of aryl methyl sites for hydroxylation is 2. The topological polar surface area (TPSA) is 54.9 Å². The summed E-state index contributed by atoms with van der Waals surface area (Å²) in [6, 6.07) is 6.60. The van der Waals surface area contributed by atoms with Crippen LogP contribution in [0.4, 0.5) is 0 Å². The van der Waals surface area contributed by atoms with Crippen molar-refractivity contribution in [3.63, 3.8) is 0 Å². The van der Waals surface area contributed by atoms with Gasteiger partial charge in [-0.15, -0.1) is 24.0 Å². The Morgan fingerprint density at radius 3 is 2.64 bits per heavy atom. The molecular formula is C19H30IN3O2. The summed E-state index contributed by atoms with van der Waals surface area (Å²) >= 11 is 0. The summed E-state index contributed by atoms with van der Waals surface area (Å²) < 4.78 is 11.8. The fourth-order valence-electron chi connectivity index (χ4n) is 3.62. The maximum absolute atomic E-state index is 5.93. The van der Waals surface area contributed by atoms with Crippen LogP contribution in [0.15, 0.2) is 23.2 Å². The summed E-state index contributed by atoms with van der Waals surface area (Å²) in [5.41, 5.74) is 2.34. The summed E-state index contributed by atoms with van der Waals surface area (Å²) in [6.45, 7) is 8.30. The third kappa shape index (κ3) is 5.23. The molecule has 3 unspecified atom stereocenters. The van der Waals surface area contributed by atoms with Crippen molar-refractivity contribution in [2.24, 2.45) is 4.99 Å². The standard InChI is InChI=1S/C19H29N3O2.HI/c1-4-20-19(22-16-12-15-8-9-17(16)24-15)21-10-11-23-18-13(2)6-5-7-14(18)3;/h5-7,15-17H,4,8-12H2,1-3H3,(H2,20,21,22);1H. The minimum absolute atomic E-state index is 0. The highest BCUT2D eigenvalue weighted by Crippen LogP contribution is 2.34. The molecule has 0 aromatic heterocycles. The average molecular weight is 459 g/mol. The predicted molar refractivity (Wildman–Crippen MR) is 112 cm³/mol. The van der Waals surface area contributed by atoms with Crippen molar-refractivity contribution in [3.8, 4) is 5.75 Å². The first kappa shape index (κ1) is 20.3. The third-order valence-electron chi connectivity index (χ3n) is 4.79. The van der Waals surface area contributed by atoms with Gasteiger partial charge in [-0.25, -0.2) is 4.99 Å². The normalized spacial score (nSPS) is 24.8. The number of benzene rings is 1. The van der Waals surface area contributed by atoms with Crippen LogP contribution in [0.2, 0.25) is 0 Å². The second kappa shape index (κ2) is 9.62. The van der Waals surface area contributed by atoms with Gasteiger partial charge in [0.05, 0.1) is 24.8 Å². The summed E-state index contributed by atoms with van der Waals surface area (Å²) in [5, 5.41) is 6.85. The maximum Gasteiger partial charge on any atom is 0.191 e. The molecule has 25 heavy (non-hydrogen) atoms. The maximum atomic E-state index is 5.93. The molecule has 2 heterocycles. The summed E-state index contributed by atoms with van der Waals surface area (Å²) in [4.78, 5) is 4.65. The van der Waals surface area contributed by atoms with Gasteiger partial charge in [-0.2, -0.15) is 0 Å². The van der Waals surface area contributed by atoms with Crippen LogP contribution in [-0.2, 0) is 4.74 Å². The second-order valence-corrected chi connectivity index (χ2v) is 6.69. The summed E-state index contributed by atoms with van der Waals surface area (Å²) in [6.07, 6.45) is 4.26. The molecule has 0 saturated carbocycles. The van der Waals surface area contributed by atoms with Gasteiger partial charge >= 0.3 is 0 Å². The van der Waals surface area contributed by atoms with Crippen LogP contribution in [-0.4, -0.2) is 43.9 Å². The van der Waals surface area contributed by atoms with Gasteiger partial charge in [-0.1, -0.05) is 18.2 Å². The molecule has 2 aliphatic heterocycles. The number of halogens is 1. The minimum Gasteiger partial charge on any atom is -0.491 e. The van der Waals surface area contributed by atoms with E-state index in [1.807, 2.05) is 0 Å². The lowest BCUT2D eigenvalue weighted by molar-refractivity contribution is 0.0992. The first-order valence-corrected chi connectivity index (χ1v) is 9.06. The highest BCUT2D eigenvalue weighted by molar-refractivity contribution is 14.0. The van der Waals surface area contributed by atoms with E-state index in [-0.39, 0.29) is 24.0 Å². The van der Waals surface area contributed by atoms with Gasteiger partial charge in [-0.3, -0.25) is 0 Å². The van der Waals surface area contributed by atoms with Crippen LogP contribution in [0, 0.1) is 13.8 Å². The van der Waals surface area contributed by atoms with E-state index in [9.17, 15) is 0 Å². The Bertz CT molecular complexity index is 574. The fourth-order valence-corrected chi connectivity index (χ4v) is 3.62. The van der Waals surface area contributed by atoms with Crippen LogP contribution < -0.4 is 15.4 Å². The minimum atomic E-state index is 0. The third-order valence-corrected chi connectivity index (χ3v) is 4.79. The van der Waals surface area contributed by atoms with E-state index in [1.165, 1.54) is 17.5 Å². The van der Waals surface area contributed by atoms with E-state index < -0.39 is 0 Å². The Kier molecular flexibility index (Phi) is 7.81. The second-order valence-electron chi connectivity index (χ2n) is 6.69. The molecule has 2 aliphatic rings. The molecule has 2 bridgehead atoms. The number of nitrogens with zero attached hydrogens (tertiary/aromatic N) is 1. The van der Waals surface area contributed by atoms with E-state index >= 15 is 0 Å². The largest absolute Gasteiger partial charge is 0.491 e. The molecule has 0 amide bonds. The average Bonchev–Trinajstić information content (AvgIpc) is 3.16. The van der Waals surface area contributed by atoms with Crippen LogP contribution in [0.1, 0.15) is 37.3 Å². The molecule has 2 N–H and O–H groups in total. The molecule has 1 aromatic carbocycles. The van der Waals surface area contributed by atoms with Gasteiger partial charge < -0.3 is 20.1 Å². The van der Waals surface area contributed by atoms with E-state index in [0.29, 0.717) is 31.4 Å². The lowest BCUT2D eigenvalue weighted by Crippen LogP contribution is -2.47. The number of fused-ring (bicyclic) bond motifs is 2. The zero-order chi connectivity index (χ0) is 16.9. The number of guanidine groups is 1. The van der Waals surface area contributed by atoms with Crippen molar-refractivity contribution in [2.45, 2.75) is 58.3 Å². The van der Waals surface area contributed by atoms with Gasteiger partial charge in [-0.05, 0) is 51.2 Å². The van der Waals surface area contributed by atoms with Crippen molar-refractivity contribution in [1.29, 1.82) is 0 Å². The molecule has 0 aliphatic carbocycles. The molecule has 3 rings (SSSR count). The molecule has 140 valence electrons. The number of aliphatic imine (C=N–C) groups is 1. The molecular weight excluding hydrogens is 429 g/mol. The highest BCUT2D eigenvalue weighted by atomic mass is 127. The van der Waals surface area contributed by atoms with Crippen molar-refractivity contribution in [2.75, 3.05) is 19.7 Å². The smallest absolute Gasteiger partial charge is 0.191 e. The number of rotatable bonds is 6. The van der Waals surface area contributed by atoms with Crippen LogP contribution in [0.5, 0.6) is 5.75 Å². The molecule has 2 saturated heterocycles. The fraction of sp³-hybridized carbons (Fsp3) is 0.632. The predicted octanol–water partition coefficient (Wildman–Crippen LogP) is 3.18. The number of hydrogen-bond donors (Lipinski definition) is 2. The quantitative estimate of drug-likeness (QED) is 0.297.